The lowest BCUT2D eigenvalue weighted by Gasteiger charge is -2.00. The van der Waals surface area contributed by atoms with Gasteiger partial charge in [0.15, 0.2) is 0 Å². The van der Waals surface area contributed by atoms with E-state index in [4.69, 9.17) is 14.6 Å². The third kappa shape index (κ3) is 4.51. The molecule has 1 aromatic rings. The first-order valence-corrected chi connectivity index (χ1v) is 4.87. The Morgan fingerprint density at radius 1 is 1.27 bits per heavy atom. The largest absolute Gasteiger partial charge is 0.499 e. The van der Waals surface area contributed by atoms with E-state index in [1.165, 1.54) is 5.56 Å². The van der Waals surface area contributed by atoms with Crippen molar-refractivity contribution in [2.75, 3.05) is 20.3 Å². The summed E-state index contributed by atoms with van der Waals surface area (Å²) < 4.78 is 10.1. The van der Waals surface area contributed by atoms with Crippen LogP contribution in [-0.4, -0.2) is 25.4 Å². The molecule has 0 aromatic heterocycles. The van der Waals surface area contributed by atoms with Crippen molar-refractivity contribution in [2.45, 2.75) is 6.42 Å². The maximum Gasteiger partial charge on any atom is 0.118 e. The first kappa shape index (κ1) is 11.6. The van der Waals surface area contributed by atoms with Gasteiger partial charge in [-0.3, -0.25) is 0 Å². The molecule has 3 heteroatoms. The van der Waals surface area contributed by atoms with E-state index in [2.05, 4.69) is 0 Å². The van der Waals surface area contributed by atoms with Gasteiger partial charge in [-0.2, -0.15) is 0 Å². The highest BCUT2D eigenvalue weighted by Gasteiger charge is 1.91. The molecule has 1 rings (SSSR count). The number of aliphatic hydroxyl groups is 1. The average Bonchev–Trinajstić information content (AvgIpc) is 2.30. The van der Waals surface area contributed by atoms with Gasteiger partial charge in [0, 0.05) is 0 Å². The monoisotopic (exact) mass is 208 g/mol. The van der Waals surface area contributed by atoms with Crippen LogP contribution in [0, 0.1) is 0 Å². The molecule has 0 radical (unpaired) electrons. The smallest absolute Gasteiger partial charge is 0.118 e. The number of allylic oxidation sites excluding steroid dienone is 1. The summed E-state index contributed by atoms with van der Waals surface area (Å²) in [6.45, 7) is 0.395. The Hall–Kier alpha value is -1.48. The molecule has 1 aromatic carbocycles. The Morgan fingerprint density at radius 2 is 2.00 bits per heavy atom. The lowest BCUT2D eigenvalue weighted by atomic mass is 10.1. The summed E-state index contributed by atoms with van der Waals surface area (Å²) in [5.41, 5.74) is 1.19. The number of ether oxygens (including phenoxy) is 2. The fourth-order valence-electron chi connectivity index (χ4n) is 1.13. The third-order valence-electron chi connectivity index (χ3n) is 1.91. The number of hydrogen-bond donors (Lipinski definition) is 1. The van der Waals surface area contributed by atoms with Crippen molar-refractivity contribution in [2.24, 2.45) is 0 Å². The van der Waals surface area contributed by atoms with E-state index in [0.29, 0.717) is 6.61 Å². The lowest BCUT2D eigenvalue weighted by molar-refractivity contribution is 0.165. The van der Waals surface area contributed by atoms with Crippen molar-refractivity contribution in [3.05, 3.63) is 42.2 Å². The third-order valence-corrected chi connectivity index (χ3v) is 1.91. The van der Waals surface area contributed by atoms with Crippen LogP contribution in [0.1, 0.15) is 5.56 Å². The van der Waals surface area contributed by atoms with Crippen LogP contribution in [0.25, 0.3) is 0 Å². The summed E-state index contributed by atoms with van der Waals surface area (Å²) in [7, 11) is 1.65. The molecule has 0 aliphatic carbocycles. The highest BCUT2D eigenvalue weighted by molar-refractivity contribution is 5.28. The average molecular weight is 208 g/mol. The van der Waals surface area contributed by atoms with E-state index in [-0.39, 0.29) is 6.61 Å². The Balaban J connectivity index is 2.34. The predicted octanol–water partition coefficient (Wildman–Crippen LogP) is 1.76. The van der Waals surface area contributed by atoms with Crippen LogP contribution in [-0.2, 0) is 11.2 Å². The minimum atomic E-state index is 0.0485. The number of aliphatic hydroxyl groups excluding tert-OH is 1. The van der Waals surface area contributed by atoms with Crippen molar-refractivity contribution in [1.29, 1.82) is 0 Å². The summed E-state index contributed by atoms with van der Waals surface area (Å²) >= 11 is 0. The molecule has 0 fully saturated rings. The SMILES string of the molecule is COc1ccc(C/C=C\OCCO)cc1. The second-order valence-electron chi connectivity index (χ2n) is 3.02. The summed E-state index contributed by atoms with van der Waals surface area (Å²) in [6.07, 6.45) is 4.34. The Labute approximate surface area is 90.0 Å². The molecule has 82 valence electrons. The van der Waals surface area contributed by atoms with Crippen LogP contribution in [0.4, 0.5) is 0 Å². The molecule has 0 heterocycles. The van der Waals surface area contributed by atoms with Crippen LogP contribution in [0.5, 0.6) is 5.75 Å². The fraction of sp³-hybridized carbons (Fsp3) is 0.333. The minimum absolute atomic E-state index is 0.0485. The zero-order valence-corrected chi connectivity index (χ0v) is 8.85. The van der Waals surface area contributed by atoms with Crippen LogP contribution < -0.4 is 4.74 Å². The minimum Gasteiger partial charge on any atom is -0.499 e. The van der Waals surface area contributed by atoms with Crippen molar-refractivity contribution in [3.8, 4) is 5.75 Å². The molecule has 0 spiro atoms. The molecule has 0 saturated carbocycles. The number of benzene rings is 1. The van der Waals surface area contributed by atoms with E-state index in [0.717, 1.165) is 12.2 Å². The zero-order valence-electron chi connectivity index (χ0n) is 8.85. The van der Waals surface area contributed by atoms with E-state index in [1.807, 2.05) is 30.3 Å². The number of hydrogen-bond acceptors (Lipinski definition) is 3. The maximum atomic E-state index is 8.47. The van der Waals surface area contributed by atoms with Crippen LogP contribution in [0.3, 0.4) is 0 Å². The summed E-state index contributed by atoms with van der Waals surface area (Å²) in [6, 6.07) is 7.87. The molecule has 0 unspecified atom stereocenters. The van der Waals surface area contributed by atoms with Gasteiger partial charge in [-0.1, -0.05) is 12.1 Å². The fourth-order valence-corrected chi connectivity index (χ4v) is 1.13. The molecular weight excluding hydrogens is 192 g/mol. The first-order valence-electron chi connectivity index (χ1n) is 4.87. The van der Waals surface area contributed by atoms with E-state index in [9.17, 15) is 0 Å². The second kappa shape index (κ2) is 6.90. The molecule has 0 aliphatic heterocycles. The summed E-state index contributed by atoms with van der Waals surface area (Å²) in [5.74, 6) is 0.860. The highest BCUT2D eigenvalue weighted by atomic mass is 16.5. The van der Waals surface area contributed by atoms with Crippen LogP contribution >= 0.6 is 0 Å². The number of rotatable bonds is 6. The van der Waals surface area contributed by atoms with Gasteiger partial charge in [-0.15, -0.1) is 0 Å². The van der Waals surface area contributed by atoms with Crippen LogP contribution in [0.15, 0.2) is 36.6 Å². The van der Waals surface area contributed by atoms with Gasteiger partial charge >= 0.3 is 0 Å². The predicted molar refractivity (Wildman–Crippen MR) is 58.9 cm³/mol. The van der Waals surface area contributed by atoms with E-state index < -0.39 is 0 Å². The van der Waals surface area contributed by atoms with Gasteiger partial charge in [0.2, 0.25) is 0 Å². The van der Waals surface area contributed by atoms with E-state index >= 15 is 0 Å². The Bertz CT molecular complexity index is 290. The zero-order chi connectivity index (χ0) is 10.9. The Morgan fingerprint density at radius 3 is 2.60 bits per heavy atom. The lowest BCUT2D eigenvalue weighted by Crippen LogP contribution is -1.92. The molecule has 3 nitrogen and oxygen atoms in total. The van der Waals surface area contributed by atoms with Gasteiger partial charge in [0.25, 0.3) is 0 Å². The summed E-state index contributed by atoms with van der Waals surface area (Å²) in [5, 5.41) is 8.47. The van der Waals surface area contributed by atoms with Crippen molar-refractivity contribution in [1.82, 2.24) is 0 Å². The van der Waals surface area contributed by atoms with Crippen molar-refractivity contribution in [3.63, 3.8) is 0 Å². The molecule has 0 saturated heterocycles. The van der Waals surface area contributed by atoms with Crippen LogP contribution in [0.2, 0.25) is 0 Å². The van der Waals surface area contributed by atoms with Gasteiger partial charge < -0.3 is 14.6 Å². The first-order chi connectivity index (χ1) is 7.36. The van der Waals surface area contributed by atoms with Gasteiger partial charge in [0.1, 0.15) is 12.4 Å². The maximum absolute atomic E-state index is 8.47. The molecule has 0 aliphatic rings. The van der Waals surface area contributed by atoms with Crippen molar-refractivity contribution >= 4 is 0 Å². The quantitative estimate of drug-likeness (QED) is 0.572. The molecule has 0 atom stereocenters. The molecule has 0 bridgehead atoms. The topological polar surface area (TPSA) is 38.7 Å². The van der Waals surface area contributed by atoms with Crippen molar-refractivity contribution < 1.29 is 14.6 Å². The molecule has 15 heavy (non-hydrogen) atoms. The molecule has 1 N–H and O–H groups in total. The van der Waals surface area contributed by atoms with E-state index in [1.54, 1.807) is 13.4 Å². The Kier molecular flexibility index (Phi) is 5.33. The molecule has 0 amide bonds. The summed E-state index contributed by atoms with van der Waals surface area (Å²) in [4.78, 5) is 0. The molecular formula is C12H16O3. The van der Waals surface area contributed by atoms with Gasteiger partial charge in [-0.25, -0.2) is 0 Å². The van der Waals surface area contributed by atoms with Gasteiger partial charge in [-0.05, 0) is 30.2 Å². The van der Waals surface area contributed by atoms with Gasteiger partial charge in [0.05, 0.1) is 20.0 Å². The standard InChI is InChI=1S/C12H16O3/c1-14-12-6-4-11(5-7-12)3-2-9-15-10-8-13/h2,4-7,9,13H,3,8,10H2,1H3/b9-2-. The second-order valence-corrected chi connectivity index (χ2v) is 3.02. The highest BCUT2D eigenvalue weighted by Crippen LogP contribution is 2.11. The normalized spacial score (nSPS) is 10.5. The number of methoxy groups -OCH3 is 1.